The molecule has 1 aromatic carbocycles. The Morgan fingerprint density at radius 2 is 2.14 bits per heavy atom. The van der Waals surface area contributed by atoms with Gasteiger partial charge < -0.3 is 15.4 Å². The standard InChI is InChI=1S/C16H22N4OS/c1-5-20-12(3)15(11(2)19-20)10-17-16(22)18-13-7-6-8-14(9-13)21-4/h6-9H,5,10H2,1-4H3,(H2,17,18,22). The lowest BCUT2D eigenvalue weighted by Gasteiger charge is -2.11. The first-order chi connectivity index (χ1) is 10.5. The van der Waals surface area contributed by atoms with Crippen molar-refractivity contribution in [1.82, 2.24) is 15.1 Å². The minimum absolute atomic E-state index is 0.580. The summed E-state index contributed by atoms with van der Waals surface area (Å²) in [5.41, 5.74) is 4.30. The average Bonchev–Trinajstić information content (AvgIpc) is 2.79. The predicted molar refractivity (Wildman–Crippen MR) is 93.4 cm³/mol. The van der Waals surface area contributed by atoms with E-state index in [2.05, 4.69) is 29.6 Å². The number of anilines is 1. The number of aromatic nitrogens is 2. The van der Waals surface area contributed by atoms with Gasteiger partial charge in [-0.1, -0.05) is 6.07 Å². The van der Waals surface area contributed by atoms with Crippen LogP contribution in [0.25, 0.3) is 0 Å². The minimum Gasteiger partial charge on any atom is -0.497 e. The lowest BCUT2D eigenvalue weighted by Crippen LogP contribution is -2.28. The molecule has 0 fully saturated rings. The van der Waals surface area contributed by atoms with Crippen LogP contribution in [0.2, 0.25) is 0 Å². The number of thiocarbonyl (C=S) groups is 1. The van der Waals surface area contributed by atoms with E-state index in [1.807, 2.05) is 35.9 Å². The Hall–Kier alpha value is -2.08. The smallest absolute Gasteiger partial charge is 0.171 e. The Bertz CT molecular complexity index is 666. The zero-order valence-corrected chi connectivity index (χ0v) is 14.3. The lowest BCUT2D eigenvalue weighted by atomic mass is 10.2. The van der Waals surface area contributed by atoms with Crippen molar-refractivity contribution in [2.24, 2.45) is 0 Å². The van der Waals surface area contributed by atoms with Gasteiger partial charge in [0.1, 0.15) is 5.75 Å². The van der Waals surface area contributed by atoms with E-state index in [1.54, 1.807) is 7.11 Å². The van der Waals surface area contributed by atoms with Gasteiger partial charge in [0.05, 0.1) is 12.8 Å². The van der Waals surface area contributed by atoms with E-state index >= 15 is 0 Å². The molecule has 1 aromatic heterocycles. The zero-order chi connectivity index (χ0) is 16.1. The number of aryl methyl sites for hydroxylation is 2. The Balaban J connectivity index is 1.97. The molecule has 0 amide bonds. The number of hydrogen-bond donors (Lipinski definition) is 2. The van der Waals surface area contributed by atoms with Crippen molar-refractivity contribution in [3.05, 3.63) is 41.2 Å². The van der Waals surface area contributed by atoms with Gasteiger partial charge in [-0.25, -0.2) is 0 Å². The van der Waals surface area contributed by atoms with Gasteiger partial charge in [0.25, 0.3) is 0 Å². The van der Waals surface area contributed by atoms with Crippen LogP contribution in [-0.2, 0) is 13.1 Å². The molecule has 6 heteroatoms. The molecule has 0 aliphatic heterocycles. The molecule has 0 unspecified atom stereocenters. The van der Waals surface area contributed by atoms with Gasteiger partial charge in [0.2, 0.25) is 0 Å². The monoisotopic (exact) mass is 318 g/mol. The lowest BCUT2D eigenvalue weighted by molar-refractivity contribution is 0.415. The third-order valence-corrected chi connectivity index (χ3v) is 3.83. The normalized spacial score (nSPS) is 10.4. The number of hydrogen-bond acceptors (Lipinski definition) is 3. The van der Waals surface area contributed by atoms with Gasteiger partial charge in [0.15, 0.2) is 5.11 Å². The highest BCUT2D eigenvalue weighted by Crippen LogP contribution is 2.17. The summed E-state index contributed by atoms with van der Waals surface area (Å²) in [7, 11) is 1.65. The van der Waals surface area contributed by atoms with Crippen molar-refractivity contribution in [3.8, 4) is 5.75 Å². The second-order valence-corrected chi connectivity index (χ2v) is 5.41. The molecular formula is C16H22N4OS. The first-order valence-corrected chi connectivity index (χ1v) is 7.67. The molecule has 118 valence electrons. The van der Waals surface area contributed by atoms with E-state index in [1.165, 1.54) is 11.3 Å². The van der Waals surface area contributed by atoms with E-state index in [-0.39, 0.29) is 0 Å². The largest absolute Gasteiger partial charge is 0.497 e. The third kappa shape index (κ3) is 3.76. The van der Waals surface area contributed by atoms with Crippen LogP contribution in [-0.4, -0.2) is 22.0 Å². The van der Waals surface area contributed by atoms with Crippen LogP contribution >= 0.6 is 12.2 Å². The molecule has 2 N–H and O–H groups in total. The summed E-state index contributed by atoms with van der Waals surface area (Å²) in [5.74, 6) is 0.795. The zero-order valence-electron chi connectivity index (χ0n) is 13.4. The molecule has 2 rings (SSSR count). The maximum Gasteiger partial charge on any atom is 0.171 e. The van der Waals surface area contributed by atoms with Crippen LogP contribution in [0.5, 0.6) is 5.75 Å². The van der Waals surface area contributed by atoms with Crippen molar-refractivity contribution in [1.29, 1.82) is 0 Å². The second kappa shape index (κ2) is 7.26. The summed E-state index contributed by atoms with van der Waals surface area (Å²) >= 11 is 5.35. The Labute approximate surface area is 136 Å². The van der Waals surface area contributed by atoms with Gasteiger partial charge in [-0.15, -0.1) is 0 Å². The molecule has 0 radical (unpaired) electrons. The first kappa shape index (κ1) is 16.3. The summed E-state index contributed by atoms with van der Waals surface area (Å²) in [5, 5.41) is 11.5. The van der Waals surface area contributed by atoms with Gasteiger partial charge >= 0.3 is 0 Å². The molecule has 0 saturated carbocycles. The molecule has 0 atom stereocenters. The predicted octanol–water partition coefficient (Wildman–Crippen LogP) is 3.02. The summed E-state index contributed by atoms with van der Waals surface area (Å²) in [6.45, 7) is 7.73. The molecular weight excluding hydrogens is 296 g/mol. The summed E-state index contributed by atoms with van der Waals surface area (Å²) < 4.78 is 7.20. The third-order valence-electron chi connectivity index (χ3n) is 3.58. The molecule has 0 spiro atoms. The van der Waals surface area contributed by atoms with E-state index in [0.29, 0.717) is 11.7 Å². The second-order valence-electron chi connectivity index (χ2n) is 5.00. The van der Waals surface area contributed by atoms with E-state index in [4.69, 9.17) is 17.0 Å². The minimum atomic E-state index is 0.580. The molecule has 0 saturated heterocycles. The SMILES string of the molecule is CCn1nc(C)c(CNC(=S)Nc2cccc(OC)c2)c1C. The fourth-order valence-corrected chi connectivity index (χ4v) is 2.53. The quantitative estimate of drug-likeness (QED) is 0.830. The van der Waals surface area contributed by atoms with Crippen molar-refractivity contribution in [2.75, 3.05) is 12.4 Å². The van der Waals surface area contributed by atoms with Crippen LogP contribution in [0.3, 0.4) is 0 Å². The fourth-order valence-electron chi connectivity index (χ4n) is 2.34. The van der Waals surface area contributed by atoms with Gasteiger partial charge in [-0.3, -0.25) is 4.68 Å². The fraction of sp³-hybridized carbons (Fsp3) is 0.375. The molecule has 0 bridgehead atoms. The summed E-state index contributed by atoms with van der Waals surface area (Å²) in [4.78, 5) is 0. The maximum atomic E-state index is 5.35. The van der Waals surface area contributed by atoms with Crippen LogP contribution in [0.4, 0.5) is 5.69 Å². The van der Waals surface area contributed by atoms with Crippen molar-refractivity contribution in [2.45, 2.75) is 33.9 Å². The highest BCUT2D eigenvalue weighted by Gasteiger charge is 2.10. The molecule has 0 aliphatic carbocycles. The van der Waals surface area contributed by atoms with Crippen LogP contribution in [0, 0.1) is 13.8 Å². The van der Waals surface area contributed by atoms with Gasteiger partial charge in [-0.2, -0.15) is 5.10 Å². The Morgan fingerprint density at radius 3 is 2.77 bits per heavy atom. The van der Waals surface area contributed by atoms with Crippen molar-refractivity contribution < 1.29 is 4.74 Å². The van der Waals surface area contributed by atoms with Crippen LogP contribution in [0.1, 0.15) is 23.9 Å². The molecule has 2 aromatic rings. The van der Waals surface area contributed by atoms with E-state index < -0.39 is 0 Å². The van der Waals surface area contributed by atoms with Crippen LogP contribution in [0.15, 0.2) is 24.3 Å². The average molecular weight is 318 g/mol. The highest BCUT2D eigenvalue weighted by atomic mass is 32.1. The molecule has 0 aliphatic rings. The van der Waals surface area contributed by atoms with E-state index in [9.17, 15) is 0 Å². The topological polar surface area (TPSA) is 51.1 Å². The number of ether oxygens (including phenoxy) is 1. The first-order valence-electron chi connectivity index (χ1n) is 7.27. The number of nitrogens with zero attached hydrogens (tertiary/aromatic N) is 2. The molecule has 22 heavy (non-hydrogen) atoms. The van der Waals surface area contributed by atoms with Crippen LogP contribution < -0.4 is 15.4 Å². The van der Waals surface area contributed by atoms with Crippen molar-refractivity contribution in [3.63, 3.8) is 0 Å². The Morgan fingerprint density at radius 1 is 1.36 bits per heavy atom. The number of nitrogens with one attached hydrogen (secondary N) is 2. The summed E-state index contributed by atoms with van der Waals surface area (Å²) in [6.07, 6.45) is 0. The molecule has 1 heterocycles. The van der Waals surface area contributed by atoms with Gasteiger partial charge in [-0.05, 0) is 45.1 Å². The Kier molecular flexibility index (Phi) is 5.38. The van der Waals surface area contributed by atoms with E-state index in [0.717, 1.165) is 23.7 Å². The summed E-state index contributed by atoms with van der Waals surface area (Å²) in [6, 6.07) is 7.67. The number of rotatable bonds is 5. The van der Waals surface area contributed by atoms with Crippen molar-refractivity contribution >= 4 is 23.0 Å². The number of benzene rings is 1. The van der Waals surface area contributed by atoms with Gasteiger partial charge in [0, 0.05) is 36.1 Å². The number of methoxy groups -OCH3 is 1. The highest BCUT2D eigenvalue weighted by molar-refractivity contribution is 7.80. The maximum absolute atomic E-state index is 5.35. The molecule has 5 nitrogen and oxygen atoms in total.